The van der Waals surface area contributed by atoms with Gasteiger partial charge in [0.25, 0.3) is 0 Å². The number of likely N-dealkylation sites (N-methyl/N-ethyl adjacent to an activating group) is 1. The second-order valence-electron chi connectivity index (χ2n) is 4.31. The lowest BCUT2D eigenvalue weighted by atomic mass is 10.0. The first-order valence-electron chi connectivity index (χ1n) is 5.51. The molecule has 0 spiro atoms. The van der Waals surface area contributed by atoms with E-state index in [2.05, 4.69) is 4.74 Å². The quantitative estimate of drug-likeness (QED) is 0.549. The maximum Gasteiger partial charge on any atom is 0.332 e. The first-order valence-corrected chi connectivity index (χ1v) is 6.95. The molecule has 0 amide bonds. The molecule has 1 aromatic rings. The van der Waals surface area contributed by atoms with E-state index >= 15 is 0 Å². The molecule has 0 bridgehead atoms. The Morgan fingerprint density at radius 1 is 1.37 bits per heavy atom. The number of rotatable bonds is 1. The number of methoxy groups -OCH3 is 1. The van der Waals surface area contributed by atoms with Crippen LogP contribution in [0.1, 0.15) is 15.9 Å². The molecule has 1 heterocycles. The Morgan fingerprint density at radius 3 is 2.58 bits per heavy atom. The fourth-order valence-corrected chi connectivity index (χ4v) is 3.48. The van der Waals surface area contributed by atoms with Crippen molar-refractivity contribution in [2.24, 2.45) is 0 Å². The summed E-state index contributed by atoms with van der Waals surface area (Å²) in [4.78, 5) is 23.8. The van der Waals surface area contributed by atoms with Crippen molar-refractivity contribution in [2.45, 2.75) is 17.9 Å². The molecule has 1 aliphatic heterocycles. The molecule has 2 rings (SSSR count). The van der Waals surface area contributed by atoms with Crippen LogP contribution in [-0.2, 0) is 19.6 Å². The Labute approximate surface area is 111 Å². The fourth-order valence-electron chi connectivity index (χ4n) is 2.03. The lowest BCUT2D eigenvalue weighted by molar-refractivity contribution is -0.143. The van der Waals surface area contributed by atoms with Crippen molar-refractivity contribution in [2.75, 3.05) is 14.2 Å². The average Bonchev–Trinajstić information content (AvgIpc) is 2.36. The predicted octanol–water partition coefficient (Wildman–Crippen LogP) is 0.353. The van der Waals surface area contributed by atoms with Gasteiger partial charge in [-0.25, -0.2) is 13.2 Å². The molecule has 0 saturated carbocycles. The highest BCUT2D eigenvalue weighted by atomic mass is 32.2. The molecule has 1 unspecified atom stereocenters. The van der Waals surface area contributed by atoms with Crippen LogP contribution in [0.25, 0.3) is 0 Å². The van der Waals surface area contributed by atoms with E-state index in [1.54, 1.807) is 13.0 Å². The molecule has 0 radical (unpaired) electrons. The number of benzene rings is 1. The number of aryl methyl sites for hydroxylation is 1. The van der Waals surface area contributed by atoms with Crippen molar-refractivity contribution in [1.29, 1.82) is 0 Å². The summed E-state index contributed by atoms with van der Waals surface area (Å²) in [5.74, 6) is -1.45. The Bertz CT molecular complexity index is 665. The summed E-state index contributed by atoms with van der Waals surface area (Å²) in [6.45, 7) is 1.74. The zero-order chi connectivity index (χ0) is 14.4. The summed E-state index contributed by atoms with van der Waals surface area (Å²) < 4.78 is 29.8. The van der Waals surface area contributed by atoms with Crippen LogP contribution in [0.2, 0.25) is 0 Å². The van der Waals surface area contributed by atoms with Crippen molar-refractivity contribution in [3.8, 4) is 0 Å². The van der Waals surface area contributed by atoms with E-state index < -0.39 is 27.8 Å². The van der Waals surface area contributed by atoms with Gasteiger partial charge >= 0.3 is 5.97 Å². The van der Waals surface area contributed by atoms with E-state index in [9.17, 15) is 18.0 Å². The molecule has 0 fully saturated rings. The number of ketones is 1. The molecule has 0 aromatic heterocycles. The molecule has 7 heteroatoms. The molecule has 6 nitrogen and oxygen atoms in total. The van der Waals surface area contributed by atoms with Gasteiger partial charge in [-0.2, -0.15) is 4.31 Å². The van der Waals surface area contributed by atoms with Gasteiger partial charge < -0.3 is 4.74 Å². The largest absolute Gasteiger partial charge is 0.467 e. The van der Waals surface area contributed by atoms with Crippen LogP contribution < -0.4 is 0 Å². The predicted molar refractivity (Wildman–Crippen MR) is 66.3 cm³/mol. The maximum absolute atomic E-state index is 12.3. The van der Waals surface area contributed by atoms with Crippen molar-refractivity contribution in [1.82, 2.24) is 4.31 Å². The minimum absolute atomic E-state index is 0.0356. The number of esters is 1. The molecule has 1 atom stereocenters. The number of carbonyl (C=O) groups excluding carboxylic acids is 2. The highest BCUT2D eigenvalue weighted by molar-refractivity contribution is 7.89. The Kier molecular flexibility index (Phi) is 3.19. The van der Waals surface area contributed by atoms with E-state index in [4.69, 9.17) is 0 Å². The zero-order valence-electron chi connectivity index (χ0n) is 10.7. The summed E-state index contributed by atoms with van der Waals surface area (Å²) >= 11 is 0. The molecular weight excluding hydrogens is 270 g/mol. The first-order chi connectivity index (χ1) is 8.80. The molecule has 0 aliphatic carbocycles. The van der Waals surface area contributed by atoms with Crippen LogP contribution in [0.4, 0.5) is 0 Å². The number of hydrogen-bond donors (Lipinski definition) is 0. The van der Waals surface area contributed by atoms with Crippen LogP contribution >= 0.6 is 0 Å². The van der Waals surface area contributed by atoms with Crippen LogP contribution in [0.5, 0.6) is 0 Å². The van der Waals surface area contributed by atoms with Crippen molar-refractivity contribution in [3.63, 3.8) is 0 Å². The fraction of sp³-hybridized carbons (Fsp3) is 0.333. The SMILES string of the molecule is COC(=O)C1C(=O)c2cc(C)ccc2S(=O)(=O)N1C. The number of hydrogen-bond acceptors (Lipinski definition) is 5. The minimum Gasteiger partial charge on any atom is -0.467 e. The molecule has 102 valence electrons. The number of Topliss-reactive ketones (excluding diaryl/α,β-unsaturated/α-hetero) is 1. The molecule has 0 saturated heterocycles. The van der Waals surface area contributed by atoms with Gasteiger partial charge in [-0.1, -0.05) is 11.6 Å². The Morgan fingerprint density at radius 2 is 2.00 bits per heavy atom. The van der Waals surface area contributed by atoms with E-state index in [0.29, 0.717) is 0 Å². The van der Waals surface area contributed by atoms with Gasteiger partial charge in [-0.05, 0) is 19.1 Å². The third kappa shape index (κ3) is 1.95. The summed E-state index contributed by atoms with van der Waals surface area (Å²) in [7, 11) is -1.56. The van der Waals surface area contributed by atoms with Crippen LogP contribution in [-0.4, -0.2) is 44.7 Å². The number of fused-ring (bicyclic) bond motifs is 1. The Hall–Kier alpha value is -1.73. The number of nitrogens with zero attached hydrogens (tertiary/aromatic N) is 1. The number of ether oxygens (including phenoxy) is 1. The van der Waals surface area contributed by atoms with Crippen molar-refractivity contribution in [3.05, 3.63) is 29.3 Å². The van der Waals surface area contributed by atoms with Gasteiger partial charge in [0, 0.05) is 12.6 Å². The van der Waals surface area contributed by atoms with Gasteiger partial charge in [-0.15, -0.1) is 0 Å². The third-order valence-electron chi connectivity index (χ3n) is 3.09. The van der Waals surface area contributed by atoms with Gasteiger partial charge in [0.05, 0.1) is 12.0 Å². The summed E-state index contributed by atoms with van der Waals surface area (Å²) in [6.07, 6.45) is 0. The molecular formula is C12H13NO5S. The summed E-state index contributed by atoms with van der Waals surface area (Å²) in [5, 5.41) is 0. The lowest BCUT2D eigenvalue weighted by Crippen LogP contribution is -2.51. The summed E-state index contributed by atoms with van der Waals surface area (Å²) in [5.41, 5.74) is 0.781. The second kappa shape index (κ2) is 4.43. The number of carbonyl (C=O) groups is 2. The molecule has 1 aromatic carbocycles. The first kappa shape index (κ1) is 13.7. The molecule has 1 aliphatic rings. The third-order valence-corrected chi connectivity index (χ3v) is 4.97. The van der Waals surface area contributed by atoms with Gasteiger partial charge in [0.2, 0.25) is 10.0 Å². The van der Waals surface area contributed by atoms with Gasteiger partial charge in [0.15, 0.2) is 11.8 Å². The average molecular weight is 283 g/mol. The second-order valence-corrected chi connectivity index (χ2v) is 6.28. The van der Waals surface area contributed by atoms with Gasteiger partial charge in [-0.3, -0.25) is 4.79 Å². The lowest BCUT2D eigenvalue weighted by Gasteiger charge is -2.30. The van der Waals surface area contributed by atoms with E-state index in [1.807, 2.05) is 0 Å². The van der Waals surface area contributed by atoms with Crippen LogP contribution in [0, 0.1) is 6.92 Å². The van der Waals surface area contributed by atoms with Crippen LogP contribution in [0.15, 0.2) is 23.1 Å². The van der Waals surface area contributed by atoms with Crippen LogP contribution in [0.3, 0.4) is 0 Å². The molecule has 0 N–H and O–H groups in total. The van der Waals surface area contributed by atoms with Crippen molar-refractivity contribution < 1.29 is 22.7 Å². The smallest absolute Gasteiger partial charge is 0.332 e. The van der Waals surface area contributed by atoms with E-state index in [-0.39, 0.29) is 10.5 Å². The Balaban J connectivity index is 2.72. The monoisotopic (exact) mass is 283 g/mol. The highest BCUT2D eigenvalue weighted by Crippen LogP contribution is 2.29. The summed E-state index contributed by atoms with van der Waals surface area (Å²) in [6, 6.07) is 3.00. The molecule has 19 heavy (non-hydrogen) atoms. The zero-order valence-corrected chi connectivity index (χ0v) is 11.5. The van der Waals surface area contributed by atoms with E-state index in [0.717, 1.165) is 17.0 Å². The minimum atomic E-state index is -3.86. The van der Waals surface area contributed by atoms with Crippen molar-refractivity contribution >= 4 is 21.8 Å². The highest BCUT2D eigenvalue weighted by Gasteiger charge is 2.46. The van der Waals surface area contributed by atoms with Gasteiger partial charge in [0.1, 0.15) is 0 Å². The maximum atomic E-state index is 12.3. The topological polar surface area (TPSA) is 80.8 Å². The number of sulfonamides is 1. The normalized spacial score (nSPS) is 21.8. The van der Waals surface area contributed by atoms with E-state index in [1.165, 1.54) is 19.2 Å². The standard InChI is InChI=1S/C12H13NO5S/c1-7-4-5-9-8(6-7)11(14)10(12(15)18-3)13(2)19(9,16)17/h4-6,10H,1-3H3.